The van der Waals surface area contributed by atoms with Crippen LogP contribution in [0, 0.1) is 0 Å². The zero-order valence-corrected chi connectivity index (χ0v) is 14.4. The zero-order valence-electron chi connectivity index (χ0n) is 13.6. The van der Waals surface area contributed by atoms with Gasteiger partial charge in [-0.05, 0) is 29.9 Å². The van der Waals surface area contributed by atoms with Gasteiger partial charge in [0.25, 0.3) is 0 Å². The number of hydrogen-bond acceptors (Lipinski definition) is 4. The Labute approximate surface area is 141 Å². The molecular weight excluding hydrogens is 308 g/mol. The fourth-order valence-corrected chi connectivity index (χ4v) is 3.06. The van der Waals surface area contributed by atoms with Crippen molar-refractivity contribution in [2.75, 3.05) is 6.61 Å². The first-order valence-electron chi connectivity index (χ1n) is 8.02. The summed E-state index contributed by atoms with van der Waals surface area (Å²) in [6, 6.07) is 11.0. The maximum absolute atomic E-state index is 12.3. The molecule has 2 rings (SSSR count). The second-order valence-corrected chi connectivity index (χ2v) is 6.36. The lowest BCUT2D eigenvalue weighted by molar-refractivity contribution is -0.145. The molecule has 1 aromatic heterocycles. The molecular formula is C19H22O3S. The summed E-state index contributed by atoms with van der Waals surface area (Å²) in [5.74, 6) is -0.429. The molecule has 0 amide bonds. The number of esters is 1. The first-order chi connectivity index (χ1) is 11.2. The SMILES string of the molecule is CCCCOC(=O)C(CC)c1ccc(C(=O)c2cccs2)cc1. The quantitative estimate of drug-likeness (QED) is 0.396. The Hall–Kier alpha value is -1.94. The van der Waals surface area contributed by atoms with Gasteiger partial charge in [-0.1, -0.05) is 50.6 Å². The van der Waals surface area contributed by atoms with E-state index in [2.05, 4.69) is 6.92 Å². The van der Waals surface area contributed by atoms with Gasteiger partial charge in [0.15, 0.2) is 0 Å². The fourth-order valence-electron chi connectivity index (χ4n) is 2.37. The third-order valence-corrected chi connectivity index (χ3v) is 4.62. The molecule has 4 heteroatoms. The number of carbonyl (C=O) groups is 2. The lowest BCUT2D eigenvalue weighted by Gasteiger charge is -2.15. The monoisotopic (exact) mass is 330 g/mol. The third-order valence-electron chi connectivity index (χ3n) is 3.76. The summed E-state index contributed by atoms with van der Waals surface area (Å²) in [6.45, 7) is 4.51. The van der Waals surface area contributed by atoms with Crippen LogP contribution in [0.1, 0.15) is 59.8 Å². The van der Waals surface area contributed by atoms with Gasteiger partial charge in [-0.2, -0.15) is 0 Å². The van der Waals surface area contributed by atoms with Crippen LogP contribution in [0.25, 0.3) is 0 Å². The predicted molar refractivity (Wildman–Crippen MR) is 93.1 cm³/mol. The molecule has 0 N–H and O–H groups in total. The van der Waals surface area contributed by atoms with Crippen LogP contribution in [0.5, 0.6) is 0 Å². The summed E-state index contributed by atoms with van der Waals surface area (Å²) in [5.41, 5.74) is 1.54. The molecule has 1 heterocycles. The summed E-state index contributed by atoms with van der Waals surface area (Å²) in [5, 5.41) is 1.89. The minimum Gasteiger partial charge on any atom is -0.465 e. The van der Waals surface area contributed by atoms with Gasteiger partial charge in [0.1, 0.15) is 0 Å². The number of rotatable bonds is 8. The molecule has 0 aliphatic rings. The Kier molecular flexibility index (Phi) is 6.53. The molecule has 2 aromatic rings. The van der Waals surface area contributed by atoms with Crippen molar-refractivity contribution in [1.82, 2.24) is 0 Å². The topological polar surface area (TPSA) is 43.4 Å². The fraction of sp³-hybridized carbons (Fsp3) is 0.368. The van der Waals surface area contributed by atoms with Crippen molar-refractivity contribution >= 4 is 23.1 Å². The summed E-state index contributed by atoms with van der Waals surface area (Å²) >= 11 is 1.43. The molecule has 122 valence electrons. The van der Waals surface area contributed by atoms with E-state index in [1.54, 1.807) is 12.1 Å². The van der Waals surface area contributed by atoms with E-state index >= 15 is 0 Å². The van der Waals surface area contributed by atoms with Crippen LogP contribution >= 0.6 is 11.3 Å². The highest BCUT2D eigenvalue weighted by atomic mass is 32.1. The molecule has 0 saturated heterocycles. The summed E-state index contributed by atoms with van der Waals surface area (Å²) in [4.78, 5) is 25.2. The minimum atomic E-state index is -0.266. The first-order valence-corrected chi connectivity index (χ1v) is 8.90. The number of carbonyl (C=O) groups excluding carboxylic acids is 2. The van der Waals surface area contributed by atoms with Gasteiger partial charge in [0.05, 0.1) is 17.4 Å². The average Bonchev–Trinajstić information content (AvgIpc) is 3.10. The standard InChI is InChI=1S/C19H22O3S/c1-3-5-12-22-19(21)16(4-2)14-8-10-15(11-9-14)18(20)17-7-6-13-23-17/h6-11,13,16H,3-5,12H2,1-2H3. The number of ketones is 1. The van der Waals surface area contributed by atoms with E-state index in [1.165, 1.54) is 11.3 Å². The molecule has 0 saturated carbocycles. The van der Waals surface area contributed by atoms with E-state index in [-0.39, 0.29) is 17.7 Å². The molecule has 1 unspecified atom stereocenters. The van der Waals surface area contributed by atoms with E-state index in [0.29, 0.717) is 18.6 Å². The first kappa shape index (κ1) is 17.4. The second-order valence-electron chi connectivity index (χ2n) is 5.41. The third kappa shape index (κ3) is 4.52. The van der Waals surface area contributed by atoms with E-state index in [1.807, 2.05) is 36.6 Å². The molecule has 0 radical (unpaired) electrons. The van der Waals surface area contributed by atoms with Gasteiger partial charge in [-0.25, -0.2) is 0 Å². The zero-order chi connectivity index (χ0) is 16.7. The summed E-state index contributed by atoms with van der Waals surface area (Å²) < 4.78 is 5.32. The van der Waals surface area contributed by atoms with Gasteiger partial charge in [0.2, 0.25) is 5.78 Å². The van der Waals surface area contributed by atoms with Gasteiger partial charge in [0, 0.05) is 5.56 Å². The maximum atomic E-state index is 12.3. The van der Waals surface area contributed by atoms with Crippen LogP contribution in [0.4, 0.5) is 0 Å². The van der Waals surface area contributed by atoms with Crippen molar-refractivity contribution in [3.63, 3.8) is 0 Å². The van der Waals surface area contributed by atoms with Crippen LogP contribution in [0.2, 0.25) is 0 Å². The Morgan fingerprint density at radius 2 is 1.87 bits per heavy atom. The molecule has 3 nitrogen and oxygen atoms in total. The van der Waals surface area contributed by atoms with Crippen molar-refractivity contribution in [3.05, 3.63) is 57.8 Å². The van der Waals surface area contributed by atoms with E-state index < -0.39 is 0 Å². The molecule has 0 bridgehead atoms. The number of thiophene rings is 1. The number of unbranched alkanes of at least 4 members (excludes halogenated alkanes) is 1. The Morgan fingerprint density at radius 3 is 2.43 bits per heavy atom. The van der Waals surface area contributed by atoms with Crippen LogP contribution in [-0.4, -0.2) is 18.4 Å². The Bertz CT molecular complexity index is 629. The summed E-state index contributed by atoms with van der Waals surface area (Å²) in [6.07, 6.45) is 2.57. The molecule has 1 atom stereocenters. The molecule has 0 fully saturated rings. The lowest BCUT2D eigenvalue weighted by atomic mass is 9.95. The van der Waals surface area contributed by atoms with E-state index in [9.17, 15) is 9.59 Å². The highest BCUT2D eigenvalue weighted by Crippen LogP contribution is 2.23. The van der Waals surface area contributed by atoms with Crippen LogP contribution < -0.4 is 0 Å². The number of hydrogen-bond donors (Lipinski definition) is 0. The molecule has 0 spiro atoms. The van der Waals surface area contributed by atoms with Crippen LogP contribution in [0.3, 0.4) is 0 Å². The van der Waals surface area contributed by atoms with E-state index in [4.69, 9.17) is 4.74 Å². The second kappa shape index (κ2) is 8.63. The van der Waals surface area contributed by atoms with E-state index in [0.717, 1.165) is 23.3 Å². The van der Waals surface area contributed by atoms with Crippen LogP contribution in [0.15, 0.2) is 41.8 Å². The average molecular weight is 330 g/mol. The van der Waals surface area contributed by atoms with Gasteiger partial charge < -0.3 is 4.74 Å². The smallest absolute Gasteiger partial charge is 0.313 e. The maximum Gasteiger partial charge on any atom is 0.313 e. The molecule has 0 aliphatic carbocycles. The molecule has 1 aromatic carbocycles. The largest absolute Gasteiger partial charge is 0.465 e. The van der Waals surface area contributed by atoms with Crippen molar-refractivity contribution in [1.29, 1.82) is 0 Å². The van der Waals surface area contributed by atoms with Crippen molar-refractivity contribution in [2.24, 2.45) is 0 Å². The highest BCUT2D eigenvalue weighted by Gasteiger charge is 2.20. The predicted octanol–water partition coefficient (Wildman–Crippen LogP) is 4.82. The van der Waals surface area contributed by atoms with Gasteiger partial charge in [-0.15, -0.1) is 11.3 Å². The number of ether oxygens (including phenoxy) is 1. The summed E-state index contributed by atoms with van der Waals surface area (Å²) in [7, 11) is 0. The molecule has 23 heavy (non-hydrogen) atoms. The lowest BCUT2D eigenvalue weighted by Crippen LogP contribution is -2.16. The Balaban J connectivity index is 2.07. The van der Waals surface area contributed by atoms with Crippen molar-refractivity contribution in [2.45, 2.75) is 39.0 Å². The van der Waals surface area contributed by atoms with Crippen molar-refractivity contribution < 1.29 is 14.3 Å². The molecule has 0 aliphatic heterocycles. The highest BCUT2D eigenvalue weighted by molar-refractivity contribution is 7.12. The Morgan fingerprint density at radius 1 is 1.13 bits per heavy atom. The van der Waals surface area contributed by atoms with Gasteiger partial charge in [-0.3, -0.25) is 9.59 Å². The number of benzene rings is 1. The van der Waals surface area contributed by atoms with Crippen molar-refractivity contribution in [3.8, 4) is 0 Å². The minimum absolute atomic E-state index is 0.0186. The van der Waals surface area contributed by atoms with Gasteiger partial charge >= 0.3 is 5.97 Å². The normalized spacial score (nSPS) is 11.9. The van der Waals surface area contributed by atoms with Crippen LogP contribution in [-0.2, 0) is 9.53 Å².